The minimum Gasteiger partial charge on any atom is -0.378 e. The van der Waals surface area contributed by atoms with Crippen molar-refractivity contribution >= 4 is 35.6 Å². The van der Waals surface area contributed by atoms with Crippen molar-refractivity contribution in [1.82, 2.24) is 10.6 Å². The largest absolute Gasteiger partial charge is 0.416 e. The molecule has 1 saturated heterocycles. The van der Waals surface area contributed by atoms with Crippen molar-refractivity contribution in [2.75, 3.05) is 37.7 Å². The molecule has 1 aromatic rings. The number of hydrogen-bond donors (Lipinski definition) is 2. The second kappa shape index (κ2) is 10.5. The first-order valence-electron chi connectivity index (χ1n) is 9.19. The highest BCUT2D eigenvalue weighted by Crippen LogP contribution is 2.35. The Morgan fingerprint density at radius 3 is 2.36 bits per heavy atom. The van der Waals surface area contributed by atoms with Crippen molar-refractivity contribution in [2.45, 2.75) is 46.0 Å². The average molecular weight is 514 g/mol. The second-order valence-corrected chi connectivity index (χ2v) is 7.51. The van der Waals surface area contributed by atoms with Crippen LogP contribution in [-0.2, 0) is 17.5 Å². The van der Waals surface area contributed by atoms with E-state index < -0.39 is 11.7 Å². The van der Waals surface area contributed by atoms with Crippen LogP contribution in [0.15, 0.2) is 23.2 Å². The van der Waals surface area contributed by atoms with E-state index in [-0.39, 0.29) is 41.6 Å². The third-order valence-electron chi connectivity index (χ3n) is 4.02. The number of benzene rings is 1. The van der Waals surface area contributed by atoms with Crippen molar-refractivity contribution in [3.05, 3.63) is 29.3 Å². The zero-order valence-corrected chi connectivity index (χ0v) is 19.1. The van der Waals surface area contributed by atoms with Crippen molar-refractivity contribution < 1.29 is 17.9 Å². The van der Waals surface area contributed by atoms with Crippen LogP contribution >= 0.6 is 24.0 Å². The number of aliphatic imine (C=N–C) groups is 1. The van der Waals surface area contributed by atoms with Gasteiger partial charge in [-0.2, -0.15) is 13.2 Å². The van der Waals surface area contributed by atoms with E-state index in [1.54, 1.807) is 6.07 Å². The van der Waals surface area contributed by atoms with Gasteiger partial charge in [0.25, 0.3) is 0 Å². The normalized spacial score (nSPS) is 15.8. The summed E-state index contributed by atoms with van der Waals surface area (Å²) in [5.74, 6) is 0.496. The fourth-order valence-electron chi connectivity index (χ4n) is 2.81. The van der Waals surface area contributed by atoms with E-state index in [9.17, 15) is 13.2 Å². The third-order valence-corrected chi connectivity index (χ3v) is 4.02. The molecular formula is C19H30F3IN4O. The molecule has 5 nitrogen and oxygen atoms in total. The minimum absolute atomic E-state index is 0. The lowest BCUT2D eigenvalue weighted by Gasteiger charge is -2.29. The monoisotopic (exact) mass is 514 g/mol. The Bertz CT molecular complexity index is 654. The van der Waals surface area contributed by atoms with Crippen LogP contribution < -0.4 is 15.5 Å². The SMILES string of the molecule is CCNC(=NCc1ccc(N2CCOCC2)cc1C(F)(F)F)NC(C)(C)C.I. The Kier molecular flexibility index (Phi) is 9.32. The Balaban J connectivity index is 0.00000392. The number of guanidine groups is 1. The first-order valence-corrected chi connectivity index (χ1v) is 9.19. The molecule has 160 valence electrons. The molecule has 1 aliphatic rings. The van der Waals surface area contributed by atoms with Gasteiger partial charge in [-0.25, -0.2) is 4.99 Å². The molecule has 0 unspecified atom stereocenters. The lowest BCUT2D eigenvalue weighted by Crippen LogP contribution is -2.47. The molecule has 0 saturated carbocycles. The van der Waals surface area contributed by atoms with Gasteiger partial charge < -0.3 is 20.3 Å². The number of ether oxygens (including phenoxy) is 1. The number of nitrogens with one attached hydrogen (secondary N) is 2. The van der Waals surface area contributed by atoms with Gasteiger partial charge in [0.05, 0.1) is 25.3 Å². The number of nitrogens with zero attached hydrogens (tertiary/aromatic N) is 2. The molecule has 1 aromatic carbocycles. The number of halogens is 4. The number of alkyl halides is 3. The number of hydrogen-bond acceptors (Lipinski definition) is 3. The van der Waals surface area contributed by atoms with Gasteiger partial charge in [-0.1, -0.05) is 6.07 Å². The Hall–Kier alpha value is -1.23. The van der Waals surface area contributed by atoms with Crippen LogP contribution in [0.4, 0.5) is 18.9 Å². The molecule has 0 spiro atoms. The first kappa shape index (κ1) is 24.8. The molecule has 0 aliphatic carbocycles. The molecule has 1 fully saturated rings. The van der Waals surface area contributed by atoms with Gasteiger partial charge in [-0.3, -0.25) is 0 Å². The van der Waals surface area contributed by atoms with Crippen LogP contribution in [0.5, 0.6) is 0 Å². The number of rotatable bonds is 4. The van der Waals surface area contributed by atoms with Gasteiger partial charge in [-0.15, -0.1) is 24.0 Å². The topological polar surface area (TPSA) is 48.9 Å². The maximum absolute atomic E-state index is 13.6. The summed E-state index contributed by atoms with van der Waals surface area (Å²) in [5, 5.41) is 6.25. The van der Waals surface area contributed by atoms with Gasteiger partial charge in [0, 0.05) is 30.9 Å². The van der Waals surface area contributed by atoms with Crippen molar-refractivity contribution in [3.8, 4) is 0 Å². The zero-order chi connectivity index (χ0) is 20.1. The van der Waals surface area contributed by atoms with Gasteiger partial charge >= 0.3 is 6.18 Å². The Morgan fingerprint density at radius 2 is 1.82 bits per heavy atom. The Labute approximate surface area is 182 Å². The maximum atomic E-state index is 13.6. The highest BCUT2D eigenvalue weighted by atomic mass is 127. The highest BCUT2D eigenvalue weighted by Gasteiger charge is 2.34. The van der Waals surface area contributed by atoms with Crippen LogP contribution in [0, 0.1) is 0 Å². The third kappa shape index (κ3) is 7.65. The summed E-state index contributed by atoms with van der Waals surface area (Å²) >= 11 is 0. The summed E-state index contributed by atoms with van der Waals surface area (Å²) in [6.07, 6.45) is -4.43. The molecular weight excluding hydrogens is 484 g/mol. The summed E-state index contributed by atoms with van der Waals surface area (Å²) < 4.78 is 46.1. The predicted molar refractivity (Wildman–Crippen MR) is 118 cm³/mol. The molecule has 2 rings (SSSR count). The van der Waals surface area contributed by atoms with E-state index >= 15 is 0 Å². The van der Waals surface area contributed by atoms with Crippen molar-refractivity contribution in [3.63, 3.8) is 0 Å². The van der Waals surface area contributed by atoms with Crippen LogP contribution in [0.2, 0.25) is 0 Å². The van der Waals surface area contributed by atoms with E-state index in [2.05, 4.69) is 15.6 Å². The standard InChI is InChI=1S/C19H29F3N4O.HI/c1-5-23-17(25-18(2,3)4)24-13-14-6-7-15(12-16(14)19(20,21)22)26-8-10-27-11-9-26;/h6-7,12H,5,8-11,13H2,1-4H3,(H2,23,24,25);1H. The number of morpholine rings is 1. The summed E-state index contributed by atoms with van der Waals surface area (Å²) in [6, 6.07) is 4.48. The highest BCUT2D eigenvalue weighted by molar-refractivity contribution is 14.0. The molecule has 0 bridgehead atoms. The fraction of sp³-hybridized carbons (Fsp3) is 0.632. The van der Waals surface area contributed by atoms with E-state index in [1.165, 1.54) is 12.1 Å². The van der Waals surface area contributed by atoms with E-state index in [4.69, 9.17) is 4.74 Å². The lowest BCUT2D eigenvalue weighted by molar-refractivity contribution is -0.138. The zero-order valence-electron chi connectivity index (χ0n) is 16.8. The maximum Gasteiger partial charge on any atom is 0.416 e. The van der Waals surface area contributed by atoms with Crippen LogP contribution in [0.3, 0.4) is 0 Å². The number of anilines is 1. The van der Waals surface area contributed by atoms with Crippen molar-refractivity contribution in [1.29, 1.82) is 0 Å². The molecule has 2 N–H and O–H groups in total. The molecule has 0 amide bonds. The summed E-state index contributed by atoms with van der Waals surface area (Å²) in [5.41, 5.74) is -0.154. The van der Waals surface area contributed by atoms with Crippen LogP contribution in [0.25, 0.3) is 0 Å². The summed E-state index contributed by atoms with van der Waals surface area (Å²) in [7, 11) is 0. The molecule has 0 aromatic heterocycles. The molecule has 1 aliphatic heterocycles. The van der Waals surface area contributed by atoms with E-state index in [0.717, 1.165) is 0 Å². The van der Waals surface area contributed by atoms with Crippen molar-refractivity contribution in [2.24, 2.45) is 4.99 Å². The predicted octanol–water partition coefficient (Wildman–Crippen LogP) is 4.01. The van der Waals surface area contributed by atoms with Gasteiger partial charge in [0.1, 0.15) is 0 Å². The first-order chi connectivity index (χ1) is 12.6. The van der Waals surface area contributed by atoms with Crippen LogP contribution in [-0.4, -0.2) is 44.3 Å². The molecule has 0 atom stereocenters. The van der Waals surface area contributed by atoms with Gasteiger partial charge in [0.2, 0.25) is 0 Å². The fourth-order valence-corrected chi connectivity index (χ4v) is 2.81. The van der Waals surface area contributed by atoms with Gasteiger partial charge in [0.15, 0.2) is 5.96 Å². The second-order valence-electron chi connectivity index (χ2n) is 7.51. The van der Waals surface area contributed by atoms with E-state index in [0.29, 0.717) is 44.5 Å². The average Bonchev–Trinajstić information content (AvgIpc) is 2.58. The Morgan fingerprint density at radius 1 is 1.18 bits per heavy atom. The smallest absolute Gasteiger partial charge is 0.378 e. The molecule has 0 radical (unpaired) electrons. The molecule has 9 heteroatoms. The van der Waals surface area contributed by atoms with Gasteiger partial charge in [-0.05, 0) is 45.4 Å². The summed E-state index contributed by atoms with van der Waals surface area (Å²) in [6.45, 7) is 10.6. The summed E-state index contributed by atoms with van der Waals surface area (Å²) in [4.78, 5) is 6.26. The molecule has 1 heterocycles. The quantitative estimate of drug-likeness (QED) is 0.362. The minimum atomic E-state index is -4.43. The molecule has 28 heavy (non-hydrogen) atoms. The van der Waals surface area contributed by atoms with Crippen LogP contribution in [0.1, 0.15) is 38.8 Å². The van der Waals surface area contributed by atoms with E-state index in [1.807, 2.05) is 32.6 Å². The lowest BCUT2D eigenvalue weighted by atomic mass is 10.1.